The first-order chi connectivity index (χ1) is 13.1. The fourth-order valence-electron chi connectivity index (χ4n) is 2.20. The summed E-state index contributed by atoms with van der Waals surface area (Å²) in [4.78, 5) is 47.6. The highest BCUT2D eigenvalue weighted by molar-refractivity contribution is 7.98. The Morgan fingerprint density at radius 1 is 0.929 bits per heavy atom. The lowest BCUT2D eigenvalue weighted by Gasteiger charge is -2.23. The zero-order valence-corrected chi connectivity index (χ0v) is 17.5. The van der Waals surface area contributed by atoms with Crippen molar-refractivity contribution in [2.75, 3.05) is 18.6 Å². The van der Waals surface area contributed by atoms with E-state index in [-0.39, 0.29) is 0 Å². The predicted molar refractivity (Wildman–Crippen MR) is 109 cm³/mol. The van der Waals surface area contributed by atoms with Gasteiger partial charge in [-0.2, -0.15) is 11.8 Å². The van der Waals surface area contributed by atoms with E-state index in [1.165, 1.54) is 25.6 Å². The molecule has 0 saturated heterocycles. The van der Waals surface area contributed by atoms with Crippen LogP contribution in [0.1, 0.15) is 39.5 Å². The monoisotopic (exact) mass is 419 g/mol. The van der Waals surface area contributed by atoms with Crippen molar-refractivity contribution in [1.82, 2.24) is 16.0 Å². The van der Waals surface area contributed by atoms with Gasteiger partial charge in [-0.25, -0.2) is 0 Å². The molecule has 0 aliphatic rings. The van der Waals surface area contributed by atoms with E-state index in [9.17, 15) is 19.2 Å². The second kappa shape index (κ2) is 14.2. The molecule has 0 radical (unpaired) electrons. The van der Waals surface area contributed by atoms with Crippen molar-refractivity contribution >= 4 is 35.5 Å². The van der Waals surface area contributed by atoms with Gasteiger partial charge in [-0.15, -0.1) is 0 Å². The number of unbranched alkanes of at least 4 members (excludes halogenated alkanes) is 1. The maximum absolute atomic E-state index is 12.4. The van der Waals surface area contributed by atoms with E-state index in [1.54, 1.807) is 0 Å². The summed E-state index contributed by atoms with van der Waals surface area (Å²) in [5.74, 6) is -2.18. The van der Waals surface area contributed by atoms with Crippen LogP contribution in [-0.4, -0.2) is 71.5 Å². The van der Waals surface area contributed by atoms with Crippen LogP contribution < -0.4 is 27.4 Å². The summed E-state index contributed by atoms with van der Waals surface area (Å²) in [6, 6.07) is -3.62. The Labute approximate surface area is 169 Å². The number of nitrogens with two attached hydrogens (primary N) is 2. The van der Waals surface area contributed by atoms with E-state index in [4.69, 9.17) is 16.6 Å². The minimum absolute atomic E-state index is 0.324. The van der Waals surface area contributed by atoms with Gasteiger partial charge in [-0.05, 0) is 51.7 Å². The third-order valence-electron chi connectivity index (χ3n) is 4.03. The number of rotatable bonds is 14. The molecule has 0 aliphatic heterocycles. The van der Waals surface area contributed by atoms with E-state index in [1.807, 2.05) is 6.26 Å². The van der Waals surface area contributed by atoms with Gasteiger partial charge < -0.3 is 32.5 Å². The van der Waals surface area contributed by atoms with Crippen LogP contribution >= 0.6 is 11.8 Å². The van der Waals surface area contributed by atoms with Gasteiger partial charge in [-0.3, -0.25) is 19.2 Å². The second-order valence-electron chi connectivity index (χ2n) is 6.53. The van der Waals surface area contributed by atoms with E-state index in [0.29, 0.717) is 31.6 Å². The molecule has 3 amide bonds. The van der Waals surface area contributed by atoms with Crippen molar-refractivity contribution in [2.45, 2.75) is 63.7 Å². The van der Waals surface area contributed by atoms with Crippen molar-refractivity contribution in [1.29, 1.82) is 0 Å². The maximum Gasteiger partial charge on any atom is 0.325 e. The van der Waals surface area contributed by atoms with Crippen molar-refractivity contribution in [2.24, 2.45) is 11.5 Å². The quantitative estimate of drug-likeness (QED) is 0.190. The van der Waals surface area contributed by atoms with Crippen LogP contribution in [0.25, 0.3) is 0 Å². The lowest BCUT2D eigenvalue weighted by molar-refractivity contribution is -0.141. The van der Waals surface area contributed by atoms with Crippen molar-refractivity contribution < 1.29 is 24.3 Å². The zero-order chi connectivity index (χ0) is 21.7. The molecular weight excluding hydrogens is 386 g/mol. The molecule has 11 heteroatoms. The van der Waals surface area contributed by atoms with Crippen molar-refractivity contribution in [3.05, 3.63) is 0 Å². The molecule has 0 heterocycles. The van der Waals surface area contributed by atoms with Gasteiger partial charge in [0, 0.05) is 0 Å². The number of aliphatic carboxylic acids is 1. The standard InChI is InChI=1S/C17H33N5O5S/c1-10(20-15(24)12(19)6-4-5-8-18)14(23)22-13(7-9-28-3)16(25)21-11(2)17(26)27/h10-13H,4-9,18-19H2,1-3H3,(H,20,24)(H,21,25)(H,22,23)(H,26,27). The summed E-state index contributed by atoms with van der Waals surface area (Å²) in [5.41, 5.74) is 11.2. The molecule has 8 N–H and O–H groups in total. The van der Waals surface area contributed by atoms with Crippen molar-refractivity contribution in [3.63, 3.8) is 0 Å². The number of carboxylic acids is 1. The average Bonchev–Trinajstić information content (AvgIpc) is 2.64. The number of carboxylic acid groups (broad SMARTS) is 1. The largest absolute Gasteiger partial charge is 0.480 e. The molecule has 0 spiro atoms. The molecule has 0 aromatic heterocycles. The van der Waals surface area contributed by atoms with Gasteiger partial charge in [0.05, 0.1) is 6.04 Å². The summed E-state index contributed by atoms with van der Waals surface area (Å²) in [7, 11) is 0. The Kier molecular flexibility index (Phi) is 13.3. The number of carbonyl (C=O) groups excluding carboxylic acids is 3. The van der Waals surface area contributed by atoms with Crippen LogP contribution in [0.4, 0.5) is 0 Å². The topological polar surface area (TPSA) is 177 Å². The molecule has 0 aromatic rings. The van der Waals surface area contributed by atoms with Crippen molar-refractivity contribution in [3.8, 4) is 0 Å². The number of hydrogen-bond acceptors (Lipinski definition) is 7. The molecule has 0 saturated carbocycles. The molecule has 0 rings (SSSR count). The number of nitrogens with one attached hydrogen (secondary N) is 3. The highest BCUT2D eigenvalue weighted by Gasteiger charge is 2.27. The first kappa shape index (κ1) is 26.1. The first-order valence-corrected chi connectivity index (χ1v) is 10.6. The average molecular weight is 420 g/mol. The van der Waals surface area contributed by atoms with E-state index < -0.39 is 47.9 Å². The van der Waals surface area contributed by atoms with Crippen LogP contribution in [0.5, 0.6) is 0 Å². The Bertz CT molecular complexity index is 534. The van der Waals surface area contributed by atoms with E-state index >= 15 is 0 Å². The number of thioether (sulfide) groups is 1. The Balaban J connectivity index is 4.75. The number of hydrogen-bond donors (Lipinski definition) is 6. The van der Waals surface area contributed by atoms with Gasteiger partial charge in [0.25, 0.3) is 0 Å². The molecule has 0 bridgehead atoms. The lowest BCUT2D eigenvalue weighted by atomic mass is 10.1. The first-order valence-electron chi connectivity index (χ1n) is 9.22. The molecule has 4 unspecified atom stereocenters. The molecule has 0 aliphatic carbocycles. The van der Waals surface area contributed by atoms with Crippen LogP contribution in [0.3, 0.4) is 0 Å². The Morgan fingerprint density at radius 3 is 2.07 bits per heavy atom. The molecule has 162 valence electrons. The highest BCUT2D eigenvalue weighted by atomic mass is 32.2. The predicted octanol–water partition coefficient (Wildman–Crippen LogP) is -1.23. The van der Waals surface area contributed by atoms with Gasteiger partial charge in [0.1, 0.15) is 18.1 Å². The lowest BCUT2D eigenvalue weighted by Crippen LogP contribution is -2.56. The molecule has 4 atom stereocenters. The van der Waals surface area contributed by atoms with Crippen LogP contribution in [0.2, 0.25) is 0 Å². The van der Waals surface area contributed by atoms with Crippen LogP contribution in [0.15, 0.2) is 0 Å². The zero-order valence-electron chi connectivity index (χ0n) is 16.7. The van der Waals surface area contributed by atoms with Crippen LogP contribution in [0, 0.1) is 0 Å². The second-order valence-corrected chi connectivity index (χ2v) is 7.52. The highest BCUT2D eigenvalue weighted by Crippen LogP contribution is 2.03. The molecule has 0 fully saturated rings. The maximum atomic E-state index is 12.4. The van der Waals surface area contributed by atoms with Gasteiger partial charge >= 0.3 is 5.97 Å². The number of carbonyl (C=O) groups is 4. The summed E-state index contributed by atoms with van der Waals surface area (Å²) in [6.45, 7) is 3.35. The molecule has 0 aromatic carbocycles. The molecule has 10 nitrogen and oxygen atoms in total. The minimum Gasteiger partial charge on any atom is -0.480 e. The third-order valence-corrected chi connectivity index (χ3v) is 4.67. The van der Waals surface area contributed by atoms with Gasteiger partial charge in [0.2, 0.25) is 17.7 Å². The molecular formula is C17H33N5O5S. The summed E-state index contributed by atoms with van der Waals surface area (Å²) in [5, 5.41) is 16.3. The Morgan fingerprint density at radius 2 is 1.54 bits per heavy atom. The summed E-state index contributed by atoms with van der Waals surface area (Å²) in [6.07, 6.45) is 4.11. The molecule has 28 heavy (non-hydrogen) atoms. The third kappa shape index (κ3) is 10.5. The SMILES string of the molecule is CSCCC(NC(=O)C(C)NC(=O)C(N)CCCCN)C(=O)NC(C)C(=O)O. The number of amides is 3. The van der Waals surface area contributed by atoms with Gasteiger partial charge in [-0.1, -0.05) is 6.42 Å². The van der Waals surface area contributed by atoms with Crippen LogP contribution in [-0.2, 0) is 19.2 Å². The van der Waals surface area contributed by atoms with E-state index in [2.05, 4.69) is 16.0 Å². The normalized spacial score (nSPS) is 15.0. The summed E-state index contributed by atoms with van der Waals surface area (Å²) >= 11 is 1.49. The fraction of sp³-hybridized carbons (Fsp3) is 0.765. The smallest absolute Gasteiger partial charge is 0.325 e. The Hall–Kier alpha value is -1.85. The van der Waals surface area contributed by atoms with E-state index in [0.717, 1.165) is 6.42 Å². The minimum atomic E-state index is -1.17. The van der Waals surface area contributed by atoms with Gasteiger partial charge in [0.15, 0.2) is 0 Å². The fourth-order valence-corrected chi connectivity index (χ4v) is 2.67. The summed E-state index contributed by atoms with van der Waals surface area (Å²) < 4.78 is 0.